The quantitative estimate of drug-likeness (QED) is 0.816. The molecule has 1 amide bonds. The highest BCUT2D eigenvalue weighted by Gasteiger charge is 2.28. The second-order valence-electron chi connectivity index (χ2n) is 6.63. The van der Waals surface area contributed by atoms with E-state index < -0.39 is 0 Å². The summed E-state index contributed by atoms with van der Waals surface area (Å²) in [5.41, 5.74) is 7.83. The van der Waals surface area contributed by atoms with Crippen LogP contribution in [0.3, 0.4) is 0 Å². The Balaban J connectivity index is 1.71. The Labute approximate surface area is 127 Å². The van der Waals surface area contributed by atoms with E-state index in [2.05, 4.69) is 24.2 Å². The molecule has 0 atom stereocenters. The fourth-order valence-electron chi connectivity index (χ4n) is 2.68. The highest BCUT2D eigenvalue weighted by molar-refractivity contribution is 5.76. The molecule has 0 radical (unpaired) electrons. The van der Waals surface area contributed by atoms with Gasteiger partial charge in [0.1, 0.15) is 0 Å². The summed E-state index contributed by atoms with van der Waals surface area (Å²) >= 11 is 0. The normalized spacial score (nSPS) is 18.4. The van der Waals surface area contributed by atoms with Gasteiger partial charge in [-0.25, -0.2) is 0 Å². The van der Waals surface area contributed by atoms with Crippen LogP contribution in [0.1, 0.15) is 31.7 Å². The van der Waals surface area contributed by atoms with Crippen LogP contribution in [0.2, 0.25) is 0 Å². The molecule has 0 spiro atoms. The smallest absolute Gasteiger partial charge is 0.220 e. The van der Waals surface area contributed by atoms with Crippen LogP contribution in [0.25, 0.3) is 0 Å². The third kappa shape index (κ3) is 5.05. The molecule has 1 aliphatic heterocycles. The van der Waals surface area contributed by atoms with Crippen molar-refractivity contribution in [2.24, 2.45) is 5.41 Å². The van der Waals surface area contributed by atoms with Crippen LogP contribution < -0.4 is 11.1 Å². The second-order valence-corrected chi connectivity index (χ2v) is 6.63. The summed E-state index contributed by atoms with van der Waals surface area (Å²) in [5, 5.41) is 3.11. The Bertz CT molecular complexity index is 461. The maximum Gasteiger partial charge on any atom is 0.220 e. The summed E-state index contributed by atoms with van der Waals surface area (Å²) in [6.45, 7) is 5.32. The number of nitrogens with two attached hydrogens (primary N) is 1. The predicted octanol–water partition coefficient (Wildman–Crippen LogP) is 2.05. The van der Waals surface area contributed by atoms with Gasteiger partial charge in [0.2, 0.25) is 5.91 Å². The third-order valence-corrected chi connectivity index (χ3v) is 4.53. The summed E-state index contributed by atoms with van der Waals surface area (Å²) in [4.78, 5) is 14.3. The molecule has 0 aliphatic carbocycles. The van der Waals surface area contributed by atoms with E-state index in [1.165, 1.54) is 0 Å². The number of nitrogen functional groups attached to an aromatic ring is 1. The van der Waals surface area contributed by atoms with Gasteiger partial charge in [0.05, 0.1) is 0 Å². The van der Waals surface area contributed by atoms with Crippen LogP contribution in [0.4, 0.5) is 5.69 Å². The van der Waals surface area contributed by atoms with E-state index in [1.807, 2.05) is 24.3 Å². The molecule has 21 heavy (non-hydrogen) atoms. The molecule has 1 aliphatic rings. The SMILES string of the molecule is CN1CCC(C)(CNC(=O)CCc2ccc(N)cc2)CC1. The molecule has 1 fully saturated rings. The standard InChI is InChI=1S/C17H27N3O/c1-17(9-11-20(2)12-10-17)13-19-16(21)8-5-14-3-6-15(18)7-4-14/h3-4,6-7H,5,8-13,18H2,1-2H3,(H,19,21). The zero-order chi connectivity index (χ0) is 15.3. The maximum atomic E-state index is 12.0. The molecule has 1 aromatic carbocycles. The molecule has 0 aromatic heterocycles. The molecule has 0 saturated carbocycles. The number of carbonyl (C=O) groups is 1. The molecule has 4 nitrogen and oxygen atoms in total. The average Bonchev–Trinajstić information content (AvgIpc) is 2.48. The number of anilines is 1. The molecule has 1 heterocycles. The average molecular weight is 289 g/mol. The van der Waals surface area contributed by atoms with E-state index in [1.54, 1.807) is 0 Å². The van der Waals surface area contributed by atoms with E-state index in [9.17, 15) is 4.79 Å². The van der Waals surface area contributed by atoms with Crippen molar-refractivity contribution < 1.29 is 4.79 Å². The lowest BCUT2D eigenvalue weighted by molar-refractivity contribution is -0.121. The van der Waals surface area contributed by atoms with Gasteiger partial charge in [-0.1, -0.05) is 19.1 Å². The van der Waals surface area contributed by atoms with Crippen molar-refractivity contribution in [2.45, 2.75) is 32.6 Å². The number of amides is 1. The Morgan fingerprint density at radius 3 is 2.52 bits per heavy atom. The van der Waals surface area contributed by atoms with Crippen LogP contribution in [0.15, 0.2) is 24.3 Å². The Hall–Kier alpha value is -1.55. The lowest BCUT2D eigenvalue weighted by Gasteiger charge is -2.37. The van der Waals surface area contributed by atoms with Gasteiger partial charge in [-0.2, -0.15) is 0 Å². The monoisotopic (exact) mass is 289 g/mol. The van der Waals surface area contributed by atoms with Crippen molar-refractivity contribution in [2.75, 3.05) is 32.4 Å². The zero-order valence-electron chi connectivity index (χ0n) is 13.2. The summed E-state index contributed by atoms with van der Waals surface area (Å²) < 4.78 is 0. The number of rotatable bonds is 5. The number of likely N-dealkylation sites (tertiary alicyclic amines) is 1. The highest BCUT2D eigenvalue weighted by atomic mass is 16.1. The van der Waals surface area contributed by atoms with Gasteiger partial charge >= 0.3 is 0 Å². The minimum atomic E-state index is 0.145. The Morgan fingerprint density at radius 1 is 1.29 bits per heavy atom. The first-order valence-corrected chi connectivity index (χ1v) is 7.77. The summed E-state index contributed by atoms with van der Waals surface area (Å²) in [6.07, 6.45) is 3.62. The second kappa shape index (κ2) is 6.94. The minimum Gasteiger partial charge on any atom is -0.399 e. The number of benzene rings is 1. The lowest BCUT2D eigenvalue weighted by atomic mass is 9.80. The van der Waals surface area contributed by atoms with Crippen molar-refractivity contribution in [1.82, 2.24) is 10.2 Å². The first-order chi connectivity index (χ1) is 9.97. The van der Waals surface area contributed by atoms with Gasteiger partial charge in [0, 0.05) is 18.7 Å². The first-order valence-electron chi connectivity index (χ1n) is 7.77. The van der Waals surface area contributed by atoms with Crippen molar-refractivity contribution in [1.29, 1.82) is 0 Å². The van der Waals surface area contributed by atoms with Gasteiger partial charge in [-0.3, -0.25) is 4.79 Å². The molecule has 2 rings (SSSR count). The van der Waals surface area contributed by atoms with Gasteiger partial charge in [0.15, 0.2) is 0 Å². The number of hydrogen-bond donors (Lipinski definition) is 2. The molecular weight excluding hydrogens is 262 g/mol. The van der Waals surface area contributed by atoms with E-state index >= 15 is 0 Å². The topological polar surface area (TPSA) is 58.4 Å². The van der Waals surface area contributed by atoms with E-state index in [0.29, 0.717) is 6.42 Å². The van der Waals surface area contributed by atoms with Crippen LogP contribution in [0.5, 0.6) is 0 Å². The van der Waals surface area contributed by atoms with Gasteiger partial charge in [-0.05, 0) is 62.5 Å². The number of nitrogens with one attached hydrogen (secondary N) is 1. The van der Waals surface area contributed by atoms with Crippen molar-refractivity contribution in [3.8, 4) is 0 Å². The fourth-order valence-corrected chi connectivity index (χ4v) is 2.68. The molecule has 0 bridgehead atoms. The fraction of sp³-hybridized carbons (Fsp3) is 0.588. The third-order valence-electron chi connectivity index (χ3n) is 4.53. The van der Waals surface area contributed by atoms with Crippen LogP contribution in [0, 0.1) is 5.41 Å². The number of piperidine rings is 1. The summed E-state index contributed by atoms with van der Waals surface area (Å²) in [6, 6.07) is 7.74. The zero-order valence-corrected chi connectivity index (χ0v) is 13.2. The molecule has 4 heteroatoms. The van der Waals surface area contributed by atoms with Crippen molar-refractivity contribution in [3.63, 3.8) is 0 Å². The molecule has 0 unspecified atom stereocenters. The lowest BCUT2D eigenvalue weighted by Crippen LogP contribution is -2.43. The molecule has 3 N–H and O–H groups in total. The van der Waals surface area contributed by atoms with Gasteiger partial charge in [0.25, 0.3) is 0 Å². The summed E-state index contributed by atoms with van der Waals surface area (Å²) in [5.74, 6) is 0.145. The summed E-state index contributed by atoms with van der Waals surface area (Å²) in [7, 11) is 2.16. The Kier molecular flexibility index (Phi) is 5.23. The number of nitrogens with zero attached hydrogens (tertiary/aromatic N) is 1. The number of aryl methyl sites for hydroxylation is 1. The largest absolute Gasteiger partial charge is 0.399 e. The van der Waals surface area contributed by atoms with Gasteiger partial charge < -0.3 is 16.0 Å². The van der Waals surface area contributed by atoms with Crippen LogP contribution >= 0.6 is 0 Å². The molecule has 1 saturated heterocycles. The number of carbonyl (C=O) groups excluding carboxylic acids is 1. The van der Waals surface area contributed by atoms with Crippen molar-refractivity contribution in [3.05, 3.63) is 29.8 Å². The molecular formula is C17H27N3O. The minimum absolute atomic E-state index is 0.145. The van der Waals surface area contributed by atoms with Crippen molar-refractivity contribution >= 4 is 11.6 Å². The molecule has 1 aromatic rings. The first kappa shape index (κ1) is 15.8. The van der Waals surface area contributed by atoms with Crippen LogP contribution in [-0.4, -0.2) is 37.5 Å². The van der Waals surface area contributed by atoms with Crippen LogP contribution in [-0.2, 0) is 11.2 Å². The molecule has 116 valence electrons. The van der Waals surface area contributed by atoms with E-state index in [0.717, 1.165) is 50.1 Å². The van der Waals surface area contributed by atoms with E-state index in [-0.39, 0.29) is 11.3 Å². The number of hydrogen-bond acceptors (Lipinski definition) is 3. The highest BCUT2D eigenvalue weighted by Crippen LogP contribution is 2.29. The van der Waals surface area contributed by atoms with E-state index in [4.69, 9.17) is 5.73 Å². The maximum absolute atomic E-state index is 12.0. The predicted molar refractivity (Wildman–Crippen MR) is 87.0 cm³/mol. The van der Waals surface area contributed by atoms with Gasteiger partial charge in [-0.15, -0.1) is 0 Å². The Morgan fingerprint density at radius 2 is 1.90 bits per heavy atom.